The standard InChI is InChI=1S/C19H21Cl2NO3/c1-2-3-4-5-6-19(23)22(24-17-11-7-15(20)8-12-17)25-18-13-9-16(21)10-14-18/h7-14H,2-6H2,1H3. The highest BCUT2D eigenvalue weighted by molar-refractivity contribution is 6.30. The van der Waals surface area contributed by atoms with Crippen LogP contribution < -0.4 is 9.68 Å². The molecule has 0 saturated heterocycles. The summed E-state index contributed by atoms with van der Waals surface area (Å²) in [7, 11) is 0. The van der Waals surface area contributed by atoms with Crippen molar-refractivity contribution in [3.05, 3.63) is 58.6 Å². The zero-order valence-electron chi connectivity index (χ0n) is 14.1. The summed E-state index contributed by atoms with van der Waals surface area (Å²) in [6.07, 6.45) is 4.35. The molecule has 0 spiro atoms. The zero-order chi connectivity index (χ0) is 18.1. The third-order valence-corrected chi connectivity index (χ3v) is 3.96. The maximum atomic E-state index is 12.5. The number of carbonyl (C=O) groups is 1. The van der Waals surface area contributed by atoms with Gasteiger partial charge in [0.25, 0.3) is 5.91 Å². The van der Waals surface area contributed by atoms with Crippen LogP contribution in [-0.4, -0.2) is 11.1 Å². The maximum absolute atomic E-state index is 12.5. The molecule has 134 valence electrons. The summed E-state index contributed by atoms with van der Waals surface area (Å²) in [6.45, 7) is 2.13. The maximum Gasteiger partial charge on any atom is 0.296 e. The van der Waals surface area contributed by atoms with Crippen molar-refractivity contribution < 1.29 is 14.5 Å². The lowest BCUT2D eigenvalue weighted by Crippen LogP contribution is -2.37. The largest absolute Gasteiger partial charge is 0.343 e. The van der Waals surface area contributed by atoms with Gasteiger partial charge in [-0.25, -0.2) is 0 Å². The Balaban J connectivity index is 2.05. The summed E-state index contributed by atoms with van der Waals surface area (Å²) in [4.78, 5) is 23.7. The Kier molecular flexibility index (Phi) is 7.89. The minimum Gasteiger partial charge on any atom is -0.343 e. The van der Waals surface area contributed by atoms with E-state index in [1.165, 1.54) is 0 Å². The van der Waals surface area contributed by atoms with E-state index in [-0.39, 0.29) is 5.91 Å². The fourth-order valence-corrected chi connectivity index (χ4v) is 2.35. The number of rotatable bonds is 9. The van der Waals surface area contributed by atoms with Gasteiger partial charge in [-0.15, -0.1) is 0 Å². The quantitative estimate of drug-likeness (QED) is 0.390. The van der Waals surface area contributed by atoms with Gasteiger partial charge in [0.2, 0.25) is 0 Å². The smallest absolute Gasteiger partial charge is 0.296 e. The molecule has 0 aliphatic carbocycles. The van der Waals surface area contributed by atoms with Gasteiger partial charge in [0.05, 0.1) is 0 Å². The first-order valence-corrected chi connectivity index (χ1v) is 9.04. The highest BCUT2D eigenvalue weighted by Crippen LogP contribution is 2.21. The van der Waals surface area contributed by atoms with Crippen LogP contribution in [0.3, 0.4) is 0 Å². The van der Waals surface area contributed by atoms with Crippen LogP contribution in [0.25, 0.3) is 0 Å². The van der Waals surface area contributed by atoms with E-state index < -0.39 is 0 Å². The number of amides is 1. The van der Waals surface area contributed by atoms with E-state index in [1.807, 2.05) is 0 Å². The molecule has 0 atom stereocenters. The van der Waals surface area contributed by atoms with Crippen LogP contribution >= 0.6 is 23.2 Å². The molecule has 0 aromatic heterocycles. The predicted octanol–water partition coefficient (Wildman–Crippen LogP) is 6.08. The van der Waals surface area contributed by atoms with Crippen molar-refractivity contribution in [1.29, 1.82) is 0 Å². The number of hydroxylamine groups is 2. The van der Waals surface area contributed by atoms with Crippen molar-refractivity contribution in [2.75, 3.05) is 0 Å². The van der Waals surface area contributed by atoms with Crippen LogP contribution in [0.4, 0.5) is 0 Å². The number of benzene rings is 2. The molecule has 25 heavy (non-hydrogen) atoms. The van der Waals surface area contributed by atoms with E-state index in [0.29, 0.717) is 28.0 Å². The van der Waals surface area contributed by atoms with Gasteiger partial charge >= 0.3 is 0 Å². The predicted molar refractivity (Wildman–Crippen MR) is 99.8 cm³/mol. The Morgan fingerprint density at radius 3 is 1.76 bits per heavy atom. The third kappa shape index (κ3) is 6.85. The van der Waals surface area contributed by atoms with Gasteiger partial charge < -0.3 is 9.68 Å². The summed E-state index contributed by atoms with van der Waals surface area (Å²) in [5.74, 6) is 0.668. The number of hydrogen-bond acceptors (Lipinski definition) is 3. The molecule has 2 rings (SSSR count). The molecule has 6 heteroatoms. The zero-order valence-corrected chi connectivity index (χ0v) is 15.6. The molecule has 1 amide bonds. The Morgan fingerprint density at radius 1 is 0.840 bits per heavy atom. The molecule has 0 saturated carbocycles. The summed E-state index contributed by atoms with van der Waals surface area (Å²) in [6, 6.07) is 13.4. The van der Waals surface area contributed by atoms with E-state index in [9.17, 15) is 4.79 Å². The summed E-state index contributed by atoms with van der Waals surface area (Å²) >= 11 is 11.7. The average molecular weight is 382 g/mol. The summed E-state index contributed by atoms with van der Waals surface area (Å²) in [5.41, 5.74) is 0. The van der Waals surface area contributed by atoms with E-state index in [2.05, 4.69) is 6.92 Å². The van der Waals surface area contributed by atoms with Crippen molar-refractivity contribution in [2.24, 2.45) is 0 Å². The second-order valence-corrected chi connectivity index (χ2v) is 6.42. The monoisotopic (exact) mass is 381 g/mol. The highest BCUT2D eigenvalue weighted by Gasteiger charge is 2.18. The minimum absolute atomic E-state index is 0.249. The molecule has 0 fully saturated rings. The molecular formula is C19H21Cl2NO3. The van der Waals surface area contributed by atoms with E-state index in [4.69, 9.17) is 32.9 Å². The first-order valence-electron chi connectivity index (χ1n) is 8.28. The molecule has 0 bridgehead atoms. The van der Waals surface area contributed by atoms with E-state index in [1.54, 1.807) is 48.5 Å². The second kappa shape index (κ2) is 10.2. The van der Waals surface area contributed by atoms with Crippen molar-refractivity contribution in [3.63, 3.8) is 0 Å². The molecule has 4 nitrogen and oxygen atoms in total. The SMILES string of the molecule is CCCCCCC(=O)N(Oc1ccc(Cl)cc1)Oc1ccc(Cl)cc1. The number of carbonyl (C=O) groups excluding carboxylic acids is 1. The Bertz CT molecular complexity index is 612. The first-order chi connectivity index (χ1) is 12.1. The molecular weight excluding hydrogens is 361 g/mol. The lowest BCUT2D eigenvalue weighted by molar-refractivity contribution is -0.246. The van der Waals surface area contributed by atoms with Crippen molar-refractivity contribution in [2.45, 2.75) is 39.0 Å². The summed E-state index contributed by atoms with van der Waals surface area (Å²) in [5, 5.41) is 2.09. The third-order valence-electron chi connectivity index (χ3n) is 3.45. The van der Waals surface area contributed by atoms with Crippen molar-refractivity contribution in [1.82, 2.24) is 5.23 Å². The molecule has 2 aromatic carbocycles. The topological polar surface area (TPSA) is 38.8 Å². The molecule has 0 heterocycles. The molecule has 0 N–H and O–H groups in total. The molecule has 0 unspecified atom stereocenters. The molecule has 0 aliphatic rings. The molecule has 0 aliphatic heterocycles. The highest BCUT2D eigenvalue weighted by atomic mass is 35.5. The number of nitrogens with zero attached hydrogens (tertiary/aromatic N) is 1. The fourth-order valence-electron chi connectivity index (χ4n) is 2.10. The number of unbranched alkanes of at least 4 members (excludes halogenated alkanes) is 3. The van der Waals surface area contributed by atoms with Gasteiger partial charge in [-0.2, -0.15) is 0 Å². The van der Waals surface area contributed by atoms with Crippen molar-refractivity contribution >= 4 is 29.1 Å². The Hall–Kier alpha value is -1.91. The fraction of sp³-hybridized carbons (Fsp3) is 0.316. The first kappa shape index (κ1) is 19.4. The number of hydrogen-bond donors (Lipinski definition) is 0. The van der Waals surface area contributed by atoms with Crippen molar-refractivity contribution in [3.8, 4) is 11.5 Å². The van der Waals surface area contributed by atoms with Crippen LogP contribution in [0, 0.1) is 0 Å². The minimum atomic E-state index is -0.249. The Morgan fingerprint density at radius 2 is 1.32 bits per heavy atom. The van der Waals surface area contributed by atoms with E-state index >= 15 is 0 Å². The second-order valence-electron chi connectivity index (χ2n) is 5.55. The van der Waals surface area contributed by atoms with Crippen LogP contribution in [0.15, 0.2) is 48.5 Å². The molecule has 2 aromatic rings. The van der Waals surface area contributed by atoms with Crippen LogP contribution in [0.1, 0.15) is 39.0 Å². The van der Waals surface area contributed by atoms with Gasteiger partial charge in [-0.1, -0.05) is 49.4 Å². The lowest BCUT2D eigenvalue weighted by Gasteiger charge is -2.21. The van der Waals surface area contributed by atoms with Crippen LogP contribution in [0.2, 0.25) is 10.0 Å². The summed E-state index contributed by atoms with van der Waals surface area (Å²) < 4.78 is 0. The van der Waals surface area contributed by atoms with E-state index in [0.717, 1.165) is 30.9 Å². The van der Waals surface area contributed by atoms with Gasteiger partial charge in [-0.05, 0) is 55.0 Å². The number of halogens is 2. The Labute approximate surface area is 158 Å². The lowest BCUT2D eigenvalue weighted by atomic mass is 10.1. The molecule has 0 radical (unpaired) electrons. The van der Waals surface area contributed by atoms with Gasteiger partial charge in [0.1, 0.15) is 0 Å². The van der Waals surface area contributed by atoms with Gasteiger partial charge in [0.15, 0.2) is 11.5 Å². The average Bonchev–Trinajstić information content (AvgIpc) is 2.61. The van der Waals surface area contributed by atoms with Crippen LogP contribution in [-0.2, 0) is 4.79 Å². The normalized spacial score (nSPS) is 10.4. The van der Waals surface area contributed by atoms with Gasteiger partial charge in [0, 0.05) is 21.7 Å². The van der Waals surface area contributed by atoms with Crippen LogP contribution in [0.5, 0.6) is 11.5 Å². The van der Waals surface area contributed by atoms with Gasteiger partial charge in [-0.3, -0.25) is 4.79 Å².